The van der Waals surface area contributed by atoms with Crippen LogP contribution >= 0.6 is 11.6 Å². The van der Waals surface area contributed by atoms with E-state index in [1.165, 1.54) is 18.3 Å². The zero-order chi connectivity index (χ0) is 17.1. The normalized spacial score (nSPS) is 14.5. The molecule has 0 atom stereocenters. The maximum absolute atomic E-state index is 12.5. The van der Waals surface area contributed by atoms with Gasteiger partial charge in [0.2, 0.25) is 5.56 Å². The van der Waals surface area contributed by atoms with E-state index in [1.807, 2.05) is 0 Å². The summed E-state index contributed by atoms with van der Waals surface area (Å²) in [7, 11) is 0. The molecule has 1 aliphatic heterocycles. The molecular formula is C17H16ClN3O3. The predicted octanol–water partition coefficient (Wildman–Crippen LogP) is 1.63. The van der Waals surface area contributed by atoms with Crippen LogP contribution in [0.5, 0.6) is 0 Å². The number of carbonyl (C=O) groups excluding carboxylic acids is 2. The van der Waals surface area contributed by atoms with E-state index in [2.05, 4.69) is 4.98 Å². The molecule has 1 aliphatic rings. The van der Waals surface area contributed by atoms with Gasteiger partial charge in [-0.15, -0.1) is 0 Å². The molecule has 0 unspecified atom stereocenters. The van der Waals surface area contributed by atoms with E-state index in [0.717, 1.165) is 0 Å². The molecule has 0 bridgehead atoms. The van der Waals surface area contributed by atoms with E-state index in [1.54, 1.807) is 34.1 Å². The van der Waals surface area contributed by atoms with Gasteiger partial charge in [0, 0.05) is 38.4 Å². The van der Waals surface area contributed by atoms with Crippen LogP contribution in [0.3, 0.4) is 0 Å². The third kappa shape index (κ3) is 3.33. The van der Waals surface area contributed by atoms with Crippen molar-refractivity contribution in [2.24, 2.45) is 0 Å². The van der Waals surface area contributed by atoms with Crippen molar-refractivity contribution >= 4 is 23.4 Å². The molecule has 7 heteroatoms. The summed E-state index contributed by atoms with van der Waals surface area (Å²) in [5.41, 5.74) is 0.654. The molecule has 1 N–H and O–H groups in total. The summed E-state index contributed by atoms with van der Waals surface area (Å²) in [6.07, 6.45) is 1.41. The third-order valence-corrected chi connectivity index (χ3v) is 4.32. The van der Waals surface area contributed by atoms with Crippen LogP contribution in [0.4, 0.5) is 0 Å². The van der Waals surface area contributed by atoms with E-state index in [9.17, 15) is 14.4 Å². The SMILES string of the molecule is O=C(c1ccc(=O)[nH]c1)N1CCN(C(=O)c2ccccc2Cl)CC1. The van der Waals surface area contributed by atoms with Crippen LogP contribution < -0.4 is 5.56 Å². The number of hydrogen-bond donors (Lipinski definition) is 1. The molecule has 0 aliphatic carbocycles. The van der Waals surface area contributed by atoms with Gasteiger partial charge in [-0.25, -0.2) is 0 Å². The van der Waals surface area contributed by atoms with Crippen molar-refractivity contribution in [2.75, 3.05) is 26.2 Å². The number of H-pyrrole nitrogens is 1. The van der Waals surface area contributed by atoms with Crippen molar-refractivity contribution in [2.45, 2.75) is 0 Å². The second-order valence-corrected chi connectivity index (χ2v) is 5.91. The molecule has 24 heavy (non-hydrogen) atoms. The summed E-state index contributed by atoms with van der Waals surface area (Å²) in [5.74, 6) is -0.284. The Balaban J connectivity index is 1.64. The average Bonchev–Trinajstić information content (AvgIpc) is 2.62. The van der Waals surface area contributed by atoms with Crippen LogP contribution in [-0.4, -0.2) is 52.8 Å². The molecule has 6 nitrogen and oxygen atoms in total. The third-order valence-electron chi connectivity index (χ3n) is 3.99. The lowest BCUT2D eigenvalue weighted by Crippen LogP contribution is -2.50. The van der Waals surface area contributed by atoms with Gasteiger partial charge in [-0.05, 0) is 18.2 Å². The maximum Gasteiger partial charge on any atom is 0.255 e. The smallest absolute Gasteiger partial charge is 0.255 e. The molecule has 3 rings (SSSR count). The fourth-order valence-corrected chi connectivity index (χ4v) is 2.86. The van der Waals surface area contributed by atoms with Crippen molar-refractivity contribution in [3.8, 4) is 0 Å². The number of aromatic amines is 1. The molecule has 0 saturated carbocycles. The van der Waals surface area contributed by atoms with Crippen LogP contribution in [0.1, 0.15) is 20.7 Å². The highest BCUT2D eigenvalue weighted by molar-refractivity contribution is 6.33. The summed E-state index contributed by atoms with van der Waals surface area (Å²) < 4.78 is 0. The minimum atomic E-state index is -0.248. The number of hydrogen-bond acceptors (Lipinski definition) is 3. The van der Waals surface area contributed by atoms with Gasteiger partial charge in [-0.2, -0.15) is 0 Å². The quantitative estimate of drug-likeness (QED) is 0.899. The van der Waals surface area contributed by atoms with Gasteiger partial charge in [0.05, 0.1) is 16.1 Å². The van der Waals surface area contributed by atoms with E-state index in [4.69, 9.17) is 11.6 Å². The molecule has 1 aromatic carbocycles. The first kappa shape index (κ1) is 16.3. The molecule has 124 valence electrons. The van der Waals surface area contributed by atoms with Gasteiger partial charge in [0.25, 0.3) is 11.8 Å². The summed E-state index contributed by atoms with van der Waals surface area (Å²) >= 11 is 6.07. The van der Waals surface area contributed by atoms with E-state index < -0.39 is 0 Å². The Kier molecular flexibility index (Phi) is 4.66. The Morgan fingerprint density at radius 2 is 1.54 bits per heavy atom. The van der Waals surface area contributed by atoms with Gasteiger partial charge in [-0.3, -0.25) is 14.4 Å². The number of rotatable bonds is 2. The minimum Gasteiger partial charge on any atom is -0.335 e. The van der Waals surface area contributed by atoms with Gasteiger partial charge in [0.15, 0.2) is 0 Å². The first-order valence-electron chi connectivity index (χ1n) is 7.58. The summed E-state index contributed by atoms with van der Waals surface area (Å²) in [4.78, 5) is 41.8. The number of halogens is 1. The Morgan fingerprint density at radius 1 is 0.917 bits per heavy atom. The monoisotopic (exact) mass is 345 g/mol. The van der Waals surface area contributed by atoms with Gasteiger partial charge >= 0.3 is 0 Å². The number of nitrogens with zero attached hydrogens (tertiary/aromatic N) is 2. The zero-order valence-corrected chi connectivity index (χ0v) is 13.6. The molecular weight excluding hydrogens is 330 g/mol. The van der Waals surface area contributed by atoms with E-state index >= 15 is 0 Å². The van der Waals surface area contributed by atoms with Gasteiger partial charge in [0.1, 0.15) is 0 Å². The molecule has 1 fully saturated rings. The number of pyridine rings is 1. The fourth-order valence-electron chi connectivity index (χ4n) is 2.64. The topological polar surface area (TPSA) is 73.5 Å². The molecule has 2 aromatic rings. The lowest BCUT2D eigenvalue weighted by molar-refractivity contribution is 0.0535. The maximum atomic E-state index is 12.5. The Bertz CT molecular complexity index is 805. The van der Waals surface area contributed by atoms with Crippen molar-refractivity contribution in [1.29, 1.82) is 0 Å². The average molecular weight is 346 g/mol. The molecule has 0 spiro atoms. The highest BCUT2D eigenvalue weighted by Crippen LogP contribution is 2.18. The van der Waals surface area contributed by atoms with Crippen molar-refractivity contribution < 1.29 is 9.59 Å². The Labute approximate surface area is 143 Å². The molecule has 0 radical (unpaired) electrons. The number of piperazine rings is 1. The summed E-state index contributed by atoms with van der Waals surface area (Å²) in [6.45, 7) is 1.76. The predicted molar refractivity (Wildman–Crippen MR) is 90.3 cm³/mol. The Morgan fingerprint density at radius 3 is 2.12 bits per heavy atom. The van der Waals surface area contributed by atoms with Crippen LogP contribution in [0, 0.1) is 0 Å². The molecule has 1 saturated heterocycles. The zero-order valence-electron chi connectivity index (χ0n) is 12.9. The Hall–Kier alpha value is -2.60. The number of amides is 2. The van der Waals surface area contributed by atoms with Gasteiger partial charge < -0.3 is 14.8 Å². The molecule has 1 aromatic heterocycles. The highest BCUT2D eigenvalue weighted by Gasteiger charge is 2.26. The second kappa shape index (κ2) is 6.88. The standard InChI is InChI=1S/C17H16ClN3O3/c18-14-4-2-1-3-13(14)17(24)21-9-7-20(8-10-21)16(23)12-5-6-15(22)19-11-12/h1-6,11H,7-10H2,(H,19,22). The van der Waals surface area contributed by atoms with Crippen LogP contribution in [0.15, 0.2) is 47.4 Å². The highest BCUT2D eigenvalue weighted by atomic mass is 35.5. The fraction of sp³-hybridized carbons (Fsp3) is 0.235. The summed E-state index contributed by atoms with van der Waals surface area (Å²) in [5, 5.41) is 0.425. The second-order valence-electron chi connectivity index (χ2n) is 5.51. The molecule has 2 heterocycles. The summed E-state index contributed by atoms with van der Waals surface area (Å²) in [6, 6.07) is 9.76. The largest absolute Gasteiger partial charge is 0.335 e. The lowest BCUT2D eigenvalue weighted by Gasteiger charge is -2.35. The van der Waals surface area contributed by atoms with E-state index in [0.29, 0.717) is 42.3 Å². The number of benzene rings is 1. The van der Waals surface area contributed by atoms with E-state index in [-0.39, 0.29) is 17.4 Å². The van der Waals surface area contributed by atoms with Crippen LogP contribution in [-0.2, 0) is 0 Å². The van der Waals surface area contributed by atoms with Crippen LogP contribution in [0.25, 0.3) is 0 Å². The van der Waals surface area contributed by atoms with Crippen molar-refractivity contribution in [1.82, 2.24) is 14.8 Å². The van der Waals surface area contributed by atoms with Gasteiger partial charge in [-0.1, -0.05) is 23.7 Å². The lowest BCUT2D eigenvalue weighted by atomic mass is 10.1. The van der Waals surface area contributed by atoms with Crippen molar-refractivity contribution in [3.05, 3.63) is 69.1 Å². The van der Waals surface area contributed by atoms with Crippen LogP contribution in [0.2, 0.25) is 5.02 Å². The minimum absolute atomic E-state index is 0.128. The van der Waals surface area contributed by atoms with Crippen molar-refractivity contribution in [3.63, 3.8) is 0 Å². The number of nitrogens with one attached hydrogen (secondary N) is 1. The first-order chi connectivity index (χ1) is 11.6. The first-order valence-corrected chi connectivity index (χ1v) is 7.96. The number of carbonyl (C=O) groups is 2. The molecule has 2 amide bonds. The number of aromatic nitrogens is 1.